The highest BCUT2D eigenvalue weighted by Crippen LogP contribution is 2.15. The van der Waals surface area contributed by atoms with Crippen molar-refractivity contribution in [2.45, 2.75) is 25.9 Å². The molecule has 0 radical (unpaired) electrons. The second-order valence-corrected chi connectivity index (χ2v) is 3.36. The van der Waals surface area contributed by atoms with Crippen LogP contribution in [0.5, 0.6) is 5.75 Å². The average Bonchev–Trinajstić information content (AvgIpc) is 2.14. The average molecular weight is 216 g/mol. The molecule has 4 heteroatoms. The van der Waals surface area contributed by atoms with Gasteiger partial charge in [-0.05, 0) is 6.42 Å². The number of ether oxygens (including phenoxy) is 1. The molecule has 0 aliphatic rings. The van der Waals surface area contributed by atoms with Crippen LogP contribution in [-0.4, -0.2) is 17.8 Å². The van der Waals surface area contributed by atoms with E-state index in [1.54, 1.807) is 0 Å². The van der Waals surface area contributed by atoms with Gasteiger partial charge < -0.3 is 9.84 Å². The fourth-order valence-corrected chi connectivity index (χ4v) is 1.22. The summed E-state index contributed by atoms with van der Waals surface area (Å²) in [6.45, 7) is 1.99. The molecule has 15 heavy (non-hydrogen) atoms. The maximum absolute atomic E-state index is 12.7. The van der Waals surface area contributed by atoms with Gasteiger partial charge in [0.2, 0.25) is 0 Å². The predicted octanol–water partition coefficient (Wildman–Crippen LogP) is 2.50. The summed E-state index contributed by atoms with van der Waals surface area (Å²) >= 11 is 0. The summed E-state index contributed by atoms with van der Waals surface area (Å²) in [5.41, 5.74) is 0. The van der Waals surface area contributed by atoms with E-state index in [0.29, 0.717) is 6.42 Å². The fraction of sp³-hybridized carbons (Fsp3) is 0.455. The lowest BCUT2D eigenvalue weighted by molar-refractivity contribution is 0.0990. The number of halogens is 2. The van der Waals surface area contributed by atoms with Crippen molar-refractivity contribution in [2.24, 2.45) is 0 Å². The molecule has 2 nitrogen and oxygen atoms in total. The van der Waals surface area contributed by atoms with E-state index >= 15 is 0 Å². The van der Waals surface area contributed by atoms with Gasteiger partial charge in [0, 0.05) is 18.2 Å². The molecule has 1 N–H and O–H groups in total. The van der Waals surface area contributed by atoms with Crippen LogP contribution in [0.25, 0.3) is 0 Å². The Morgan fingerprint density at radius 1 is 1.27 bits per heavy atom. The van der Waals surface area contributed by atoms with Gasteiger partial charge in [0.15, 0.2) is 0 Å². The summed E-state index contributed by atoms with van der Waals surface area (Å²) in [5.74, 6) is -1.27. The van der Waals surface area contributed by atoms with Crippen LogP contribution in [0.3, 0.4) is 0 Å². The second kappa shape index (κ2) is 5.66. The smallest absolute Gasteiger partial charge is 0.129 e. The van der Waals surface area contributed by atoms with Gasteiger partial charge in [-0.2, -0.15) is 0 Å². The first-order valence-corrected chi connectivity index (χ1v) is 4.88. The molecule has 0 heterocycles. The molecule has 84 valence electrons. The predicted molar refractivity (Wildman–Crippen MR) is 52.8 cm³/mol. The summed E-state index contributed by atoms with van der Waals surface area (Å²) in [5, 5.41) is 9.34. The van der Waals surface area contributed by atoms with Crippen LogP contribution in [0.1, 0.15) is 19.8 Å². The highest BCUT2D eigenvalue weighted by Gasteiger charge is 2.05. The zero-order chi connectivity index (χ0) is 11.3. The third-order valence-electron chi connectivity index (χ3n) is 1.90. The first kappa shape index (κ1) is 11.9. The van der Waals surface area contributed by atoms with Crippen molar-refractivity contribution in [2.75, 3.05) is 6.61 Å². The number of hydrogen-bond acceptors (Lipinski definition) is 2. The summed E-state index contributed by atoms with van der Waals surface area (Å²) < 4.78 is 30.5. The van der Waals surface area contributed by atoms with Gasteiger partial charge in [-0.25, -0.2) is 8.78 Å². The van der Waals surface area contributed by atoms with Crippen LogP contribution in [-0.2, 0) is 0 Å². The Hall–Kier alpha value is -1.16. The first-order valence-electron chi connectivity index (χ1n) is 4.88. The number of hydrogen-bond donors (Lipinski definition) is 1. The summed E-state index contributed by atoms with van der Waals surface area (Å²) in [7, 11) is 0. The summed E-state index contributed by atoms with van der Waals surface area (Å²) in [6, 6.07) is 2.94. The molecule has 1 aromatic carbocycles. The number of benzene rings is 1. The Kier molecular flexibility index (Phi) is 4.49. The lowest BCUT2D eigenvalue weighted by atomic mass is 10.2. The minimum Gasteiger partial charge on any atom is -0.491 e. The van der Waals surface area contributed by atoms with Gasteiger partial charge in [0.1, 0.15) is 24.0 Å². The van der Waals surface area contributed by atoms with Crippen LogP contribution in [0.2, 0.25) is 0 Å². The van der Waals surface area contributed by atoms with Crippen LogP contribution < -0.4 is 4.74 Å². The Morgan fingerprint density at radius 3 is 2.40 bits per heavy atom. The van der Waals surface area contributed by atoms with Gasteiger partial charge >= 0.3 is 0 Å². The molecule has 0 aromatic heterocycles. The van der Waals surface area contributed by atoms with Crippen LogP contribution in [0.15, 0.2) is 18.2 Å². The molecule has 1 atom stereocenters. The van der Waals surface area contributed by atoms with Crippen LogP contribution in [0.4, 0.5) is 8.78 Å². The van der Waals surface area contributed by atoms with Crippen LogP contribution in [0, 0.1) is 11.6 Å². The third-order valence-corrected chi connectivity index (χ3v) is 1.90. The number of aliphatic hydroxyl groups is 1. The molecule has 0 amide bonds. The molecule has 0 saturated carbocycles. The Morgan fingerprint density at radius 2 is 1.87 bits per heavy atom. The quantitative estimate of drug-likeness (QED) is 0.819. The van der Waals surface area contributed by atoms with Gasteiger partial charge in [-0.15, -0.1) is 0 Å². The Bertz CT molecular complexity index is 295. The molecule has 1 aromatic rings. The molecular formula is C11H14F2O2. The van der Waals surface area contributed by atoms with E-state index < -0.39 is 17.7 Å². The van der Waals surface area contributed by atoms with Crippen molar-refractivity contribution in [3.63, 3.8) is 0 Å². The third kappa shape index (κ3) is 4.25. The van der Waals surface area contributed by atoms with Crippen molar-refractivity contribution in [1.82, 2.24) is 0 Å². The molecule has 0 aliphatic heterocycles. The van der Waals surface area contributed by atoms with Crippen molar-refractivity contribution in [1.29, 1.82) is 0 Å². The zero-order valence-corrected chi connectivity index (χ0v) is 8.54. The largest absolute Gasteiger partial charge is 0.491 e. The van der Waals surface area contributed by atoms with E-state index in [-0.39, 0.29) is 12.4 Å². The molecule has 0 bridgehead atoms. The SMILES string of the molecule is CCCC(O)COc1cc(F)cc(F)c1. The zero-order valence-electron chi connectivity index (χ0n) is 8.54. The van der Waals surface area contributed by atoms with Gasteiger partial charge in [-0.3, -0.25) is 0 Å². The van der Waals surface area contributed by atoms with Gasteiger partial charge in [-0.1, -0.05) is 13.3 Å². The molecule has 0 spiro atoms. The highest BCUT2D eigenvalue weighted by molar-refractivity contribution is 5.23. The normalized spacial score (nSPS) is 12.5. The van der Waals surface area contributed by atoms with Crippen molar-refractivity contribution in [3.8, 4) is 5.75 Å². The maximum atomic E-state index is 12.7. The molecule has 1 rings (SSSR count). The van der Waals surface area contributed by atoms with E-state index in [1.165, 1.54) is 0 Å². The topological polar surface area (TPSA) is 29.5 Å². The minimum atomic E-state index is -0.685. The van der Waals surface area contributed by atoms with E-state index in [2.05, 4.69) is 0 Å². The molecule has 0 fully saturated rings. The van der Waals surface area contributed by atoms with Gasteiger partial charge in [0.05, 0.1) is 6.10 Å². The lowest BCUT2D eigenvalue weighted by Crippen LogP contribution is -2.17. The first-order chi connectivity index (χ1) is 7.11. The van der Waals surface area contributed by atoms with Crippen molar-refractivity contribution in [3.05, 3.63) is 29.8 Å². The highest BCUT2D eigenvalue weighted by atomic mass is 19.1. The van der Waals surface area contributed by atoms with E-state index in [4.69, 9.17) is 4.74 Å². The minimum absolute atomic E-state index is 0.0523. The molecule has 0 aliphatic carbocycles. The molecular weight excluding hydrogens is 202 g/mol. The number of rotatable bonds is 5. The van der Waals surface area contributed by atoms with E-state index in [0.717, 1.165) is 24.6 Å². The standard InChI is InChI=1S/C11H14F2O2/c1-2-3-10(14)7-15-11-5-8(12)4-9(13)6-11/h4-6,10,14H,2-3,7H2,1H3. The second-order valence-electron chi connectivity index (χ2n) is 3.36. The number of aliphatic hydroxyl groups excluding tert-OH is 1. The monoisotopic (exact) mass is 216 g/mol. The lowest BCUT2D eigenvalue weighted by Gasteiger charge is -2.11. The Balaban J connectivity index is 2.50. The van der Waals surface area contributed by atoms with E-state index in [9.17, 15) is 13.9 Å². The van der Waals surface area contributed by atoms with Crippen molar-refractivity contribution >= 4 is 0 Å². The Labute approximate surface area is 87.5 Å². The molecule has 0 saturated heterocycles. The fourth-order valence-electron chi connectivity index (χ4n) is 1.22. The van der Waals surface area contributed by atoms with Crippen LogP contribution >= 0.6 is 0 Å². The van der Waals surface area contributed by atoms with Gasteiger partial charge in [0.25, 0.3) is 0 Å². The maximum Gasteiger partial charge on any atom is 0.129 e. The molecule has 1 unspecified atom stereocenters. The van der Waals surface area contributed by atoms with E-state index in [1.807, 2.05) is 6.92 Å². The van der Waals surface area contributed by atoms with Crippen molar-refractivity contribution < 1.29 is 18.6 Å². The summed E-state index contributed by atoms with van der Waals surface area (Å²) in [4.78, 5) is 0. The summed E-state index contributed by atoms with van der Waals surface area (Å²) in [6.07, 6.45) is 0.848.